The Morgan fingerprint density at radius 3 is 2.06 bits per heavy atom. The van der Waals surface area contributed by atoms with Crippen LogP contribution in [0.4, 0.5) is 11.4 Å². The van der Waals surface area contributed by atoms with Crippen molar-refractivity contribution in [1.82, 2.24) is 0 Å². The number of hydrogen-bond donors (Lipinski definition) is 1. The molecule has 0 saturated heterocycles. The quantitative estimate of drug-likeness (QED) is 0.300. The maximum absolute atomic E-state index is 13.6. The van der Waals surface area contributed by atoms with E-state index < -0.39 is 12.5 Å². The molecule has 36 heavy (non-hydrogen) atoms. The highest BCUT2D eigenvalue weighted by Gasteiger charge is 2.18. The number of aliphatic carboxylic acids is 1. The lowest BCUT2D eigenvalue weighted by molar-refractivity contribution is -0.131. The first-order valence-electron chi connectivity index (χ1n) is 12.1. The van der Waals surface area contributed by atoms with Crippen molar-refractivity contribution in [2.75, 3.05) is 23.9 Å². The van der Waals surface area contributed by atoms with Gasteiger partial charge in [-0.2, -0.15) is 0 Å². The van der Waals surface area contributed by atoms with Gasteiger partial charge >= 0.3 is 5.97 Å². The van der Waals surface area contributed by atoms with Crippen molar-refractivity contribution in [1.29, 1.82) is 0 Å². The maximum Gasteiger partial charge on any atom is 0.328 e. The van der Waals surface area contributed by atoms with Crippen LogP contribution in [0.2, 0.25) is 0 Å². The van der Waals surface area contributed by atoms with Gasteiger partial charge in [-0.15, -0.1) is 0 Å². The standard InChI is InChI=1S/C31H28N2O3/c1-32(2)28-18-16-26(17-19-28)25-14-11-24(12-15-25)22-33(31(36)27-8-4-3-5-9-27)29-10-6-7-23(21-29)13-20-30(34)35/h3-21H,22H2,1-2H3,(H,34,35)/b20-13+/i22D. The van der Waals surface area contributed by atoms with E-state index in [4.69, 9.17) is 6.48 Å². The van der Waals surface area contributed by atoms with Gasteiger partial charge in [0.05, 0.1) is 7.89 Å². The Balaban J connectivity index is 1.68. The van der Waals surface area contributed by atoms with Crippen molar-refractivity contribution in [3.63, 3.8) is 0 Å². The van der Waals surface area contributed by atoms with E-state index in [-0.39, 0.29) is 5.91 Å². The van der Waals surface area contributed by atoms with E-state index in [9.17, 15) is 9.59 Å². The summed E-state index contributed by atoms with van der Waals surface area (Å²) in [6.07, 6.45) is 2.51. The van der Waals surface area contributed by atoms with Crippen molar-refractivity contribution < 1.29 is 16.1 Å². The summed E-state index contributed by atoms with van der Waals surface area (Å²) >= 11 is 0. The summed E-state index contributed by atoms with van der Waals surface area (Å²) in [7, 11) is 4.00. The SMILES string of the molecule is [2H]C(c1ccc(-c2ccc(N(C)C)cc2)cc1)N(C(=O)c1ccccc1)c1cccc(/C=C/C(=O)O)c1. The van der Waals surface area contributed by atoms with Crippen LogP contribution in [0.3, 0.4) is 0 Å². The van der Waals surface area contributed by atoms with Gasteiger partial charge in [0.2, 0.25) is 0 Å². The number of rotatable bonds is 8. The Morgan fingerprint density at radius 2 is 1.44 bits per heavy atom. The number of carboxylic acid groups (broad SMARTS) is 1. The molecule has 0 radical (unpaired) electrons. The smallest absolute Gasteiger partial charge is 0.328 e. The van der Waals surface area contributed by atoms with Crippen LogP contribution >= 0.6 is 0 Å². The Bertz CT molecular complexity index is 1400. The van der Waals surface area contributed by atoms with E-state index in [0.717, 1.165) is 22.9 Å². The van der Waals surface area contributed by atoms with Crippen LogP contribution in [0.5, 0.6) is 0 Å². The number of anilines is 2. The molecule has 1 unspecified atom stereocenters. The second-order valence-corrected chi connectivity index (χ2v) is 8.50. The predicted octanol–water partition coefficient (Wildman–Crippen LogP) is 6.36. The monoisotopic (exact) mass is 477 g/mol. The number of nitrogens with zero attached hydrogens (tertiary/aromatic N) is 2. The van der Waals surface area contributed by atoms with Gasteiger partial charge in [-0.3, -0.25) is 4.79 Å². The number of carbonyl (C=O) groups is 2. The second-order valence-electron chi connectivity index (χ2n) is 8.50. The van der Waals surface area contributed by atoms with Gasteiger partial charge in [-0.05, 0) is 64.7 Å². The first kappa shape index (κ1) is 23.1. The highest BCUT2D eigenvalue weighted by atomic mass is 16.4. The van der Waals surface area contributed by atoms with Crippen molar-refractivity contribution in [3.05, 3.63) is 126 Å². The summed E-state index contributed by atoms with van der Waals surface area (Å²) in [6.45, 7) is -1.02. The number of carboxylic acids is 1. The molecule has 5 nitrogen and oxygen atoms in total. The summed E-state index contributed by atoms with van der Waals surface area (Å²) < 4.78 is 9.07. The van der Waals surface area contributed by atoms with E-state index in [0.29, 0.717) is 22.4 Å². The zero-order valence-corrected chi connectivity index (χ0v) is 20.2. The van der Waals surface area contributed by atoms with Gasteiger partial charge in [0, 0.05) is 37.1 Å². The summed E-state index contributed by atoms with van der Waals surface area (Å²) in [4.78, 5) is 28.0. The molecular weight excluding hydrogens is 448 g/mol. The number of carbonyl (C=O) groups excluding carboxylic acids is 1. The fourth-order valence-electron chi connectivity index (χ4n) is 3.78. The van der Waals surface area contributed by atoms with Crippen LogP contribution in [0, 0.1) is 0 Å². The number of hydrogen-bond acceptors (Lipinski definition) is 3. The van der Waals surface area contributed by atoms with Gasteiger partial charge in [-0.1, -0.05) is 66.7 Å². The van der Waals surface area contributed by atoms with Crippen LogP contribution in [-0.2, 0) is 11.3 Å². The van der Waals surface area contributed by atoms with Crippen molar-refractivity contribution >= 4 is 29.3 Å². The molecule has 5 heteroatoms. The molecule has 0 aliphatic heterocycles. The van der Waals surface area contributed by atoms with Crippen molar-refractivity contribution in [2.24, 2.45) is 0 Å². The summed E-state index contributed by atoms with van der Waals surface area (Å²) in [5, 5.41) is 8.99. The van der Waals surface area contributed by atoms with E-state index in [1.54, 1.807) is 48.5 Å². The lowest BCUT2D eigenvalue weighted by Crippen LogP contribution is -2.30. The van der Waals surface area contributed by atoms with Gasteiger partial charge in [0.1, 0.15) is 0 Å². The summed E-state index contributed by atoms with van der Waals surface area (Å²) in [5.41, 5.74) is 5.44. The fourth-order valence-corrected chi connectivity index (χ4v) is 3.78. The third kappa shape index (κ3) is 6.07. The summed E-state index contributed by atoms with van der Waals surface area (Å²) in [6, 6.07) is 31.7. The molecule has 4 aromatic carbocycles. The molecule has 0 fully saturated rings. The van der Waals surface area contributed by atoms with Crippen LogP contribution in [0.25, 0.3) is 17.2 Å². The molecular formula is C31H28N2O3. The Morgan fingerprint density at radius 1 is 0.806 bits per heavy atom. The van der Waals surface area contributed by atoms with E-state index in [1.807, 2.05) is 49.3 Å². The average molecular weight is 478 g/mol. The van der Waals surface area contributed by atoms with E-state index in [1.165, 1.54) is 11.0 Å². The Hall–Kier alpha value is -4.64. The minimum absolute atomic E-state index is 0.316. The first-order valence-corrected chi connectivity index (χ1v) is 11.5. The fraction of sp³-hybridized carbons (Fsp3) is 0.0968. The molecule has 0 bridgehead atoms. The second kappa shape index (κ2) is 11.2. The van der Waals surface area contributed by atoms with Crippen molar-refractivity contribution in [2.45, 2.75) is 6.52 Å². The third-order valence-corrected chi connectivity index (χ3v) is 5.71. The lowest BCUT2D eigenvalue weighted by atomic mass is 10.0. The van der Waals surface area contributed by atoms with Crippen LogP contribution in [0.15, 0.2) is 109 Å². The Kier molecular flexibility index (Phi) is 7.19. The normalized spacial score (nSPS) is 12.1. The Labute approximate surface area is 213 Å². The topological polar surface area (TPSA) is 60.9 Å². The molecule has 0 aromatic heterocycles. The molecule has 1 N–H and O–H groups in total. The molecule has 1 amide bonds. The van der Waals surface area contributed by atoms with Gasteiger partial charge in [-0.25, -0.2) is 4.79 Å². The molecule has 4 aromatic rings. The molecule has 180 valence electrons. The van der Waals surface area contributed by atoms with Gasteiger partial charge < -0.3 is 14.9 Å². The summed E-state index contributed by atoms with van der Waals surface area (Å²) in [5.74, 6) is -1.37. The van der Waals surface area contributed by atoms with E-state index >= 15 is 0 Å². The van der Waals surface area contributed by atoms with Crippen molar-refractivity contribution in [3.8, 4) is 11.1 Å². The molecule has 0 aliphatic rings. The highest BCUT2D eigenvalue weighted by Crippen LogP contribution is 2.26. The zero-order chi connectivity index (χ0) is 26.4. The molecule has 0 spiro atoms. The largest absolute Gasteiger partial charge is 0.478 e. The van der Waals surface area contributed by atoms with Crippen LogP contribution in [-0.4, -0.2) is 31.1 Å². The lowest BCUT2D eigenvalue weighted by Gasteiger charge is -2.24. The number of amides is 1. The molecule has 1 atom stereocenters. The molecule has 4 rings (SSSR count). The average Bonchev–Trinajstić information content (AvgIpc) is 2.93. The maximum atomic E-state index is 13.6. The predicted molar refractivity (Wildman–Crippen MR) is 146 cm³/mol. The minimum Gasteiger partial charge on any atom is -0.478 e. The van der Waals surface area contributed by atoms with E-state index in [2.05, 4.69) is 24.3 Å². The molecule has 0 saturated carbocycles. The molecule has 0 aliphatic carbocycles. The van der Waals surface area contributed by atoms with Crippen LogP contribution < -0.4 is 9.80 Å². The first-order chi connectivity index (χ1) is 17.8. The van der Waals surface area contributed by atoms with Gasteiger partial charge in [0.25, 0.3) is 5.91 Å². The minimum atomic E-state index is -1.06. The molecule has 0 heterocycles. The van der Waals surface area contributed by atoms with Crippen LogP contribution in [0.1, 0.15) is 22.9 Å². The number of benzene rings is 4. The zero-order valence-electron chi connectivity index (χ0n) is 21.2. The third-order valence-electron chi connectivity index (χ3n) is 5.71. The van der Waals surface area contributed by atoms with Gasteiger partial charge in [0.15, 0.2) is 0 Å². The highest BCUT2D eigenvalue weighted by molar-refractivity contribution is 6.06.